The zero-order valence-electron chi connectivity index (χ0n) is 15.6. The van der Waals surface area contributed by atoms with E-state index in [0.717, 1.165) is 6.07 Å². The van der Waals surface area contributed by atoms with Crippen LogP contribution >= 0.6 is 23.2 Å². The molecule has 0 spiro atoms. The lowest BCUT2D eigenvalue weighted by molar-refractivity contribution is -0.116. The van der Waals surface area contributed by atoms with Crippen molar-refractivity contribution in [3.8, 4) is 0 Å². The highest BCUT2D eigenvalue weighted by atomic mass is 35.5. The van der Waals surface area contributed by atoms with Gasteiger partial charge in [-0.25, -0.2) is 13.8 Å². The van der Waals surface area contributed by atoms with E-state index in [1.807, 2.05) is 0 Å². The molecule has 0 saturated heterocycles. The Morgan fingerprint density at radius 1 is 1.07 bits per heavy atom. The second-order valence-corrected chi connectivity index (χ2v) is 7.08. The van der Waals surface area contributed by atoms with Gasteiger partial charge < -0.3 is 5.32 Å². The molecule has 0 radical (unpaired) electrons. The van der Waals surface area contributed by atoms with Crippen molar-refractivity contribution in [1.29, 1.82) is 0 Å². The lowest BCUT2D eigenvalue weighted by Crippen LogP contribution is -2.24. The number of halogens is 4. The van der Waals surface area contributed by atoms with Crippen molar-refractivity contribution in [3.05, 3.63) is 82.0 Å². The molecule has 0 aliphatic carbocycles. The topological polar surface area (TPSA) is 62.3 Å². The van der Waals surface area contributed by atoms with Gasteiger partial charge in [0.05, 0.1) is 22.2 Å². The molecule has 30 heavy (non-hydrogen) atoms. The fourth-order valence-corrected chi connectivity index (χ4v) is 3.09. The molecule has 2 amide bonds. The predicted octanol–water partition coefficient (Wildman–Crippen LogP) is 5.53. The summed E-state index contributed by atoms with van der Waals surface area (Å²) in [5.41, 5.74) is 0.913. The fourth-order valence-electron chi connectivity index (χ4n) is 2.78. The standard InChI is InChI=1S/C21H15Cl2F2N3O2/c1-12(29)28(15-5-6-16(22)18(25)11-15)19-10-14(7-8-26-19)27-20(30)9-13-3-2-4-17(24)21(13)23/h2-8,10-11H,9H2,1H3,(H,26,27,30). The minimum absolute atomic E-state index is 0.0766. The number of amides is 2. The first-order chi connectivity index (χ1) is 14.3. The Morgan fingerprint density at radius 3 is 2.53 bits per heavy atom. The maximum absolute atomic E-state index is 13.9. The van der Waals surface area contributed by atoms with Crippen molar-refractivity contribution >= 4 is 52.2 Å². The third-order valence-electron chi connectivity index (χ3n) is 4.12. The molecule has 2 aromatic carbocycles. The third kappa shape index (κ3) is 4.93. The van der Waals surface area contributed by atoms with Crippen LogP contribution in [0.2, 0.25) is 10.0 Å². The van der Waals surface area contributed by atoms with Gasteiger partial charge >= 0.3 is 0 Å². The summed E-state index contributed by atoms with van der Waals surface area (Å²) in [5.74, 6) is -1.98. The van der Waals surface area contributed by atoms with E-state index >= 15 is 0 Å². The van der Waals surface area contributed by atoms with Crippen LogP contribution in [0.25, 0.3) is 0 Å². The molecule has 0 aliphatic heterocycles. The molecular formula is C21H15Cl2F2N3O2. The lowest BCUT2D eigenvalue weighted by atomic mass is 10.1. The Morgan fingerprint density at radius 2 is 1.83 bits per heavy atom. The molecule has 1 N–H and O–H groups in total. The first-order valence-electron chi connectivity index (χ1n) is 8.71. The molecular weight excluding hydrogens is 435 g/mol. The first kappa shape index (κ1) is 21.7. The number of nitrogens with one attached hydrogen (secondary N) is 1. The van der Waals surface area contributed by atoms with E-state index in [0.29, 0.717) is 11.3 Å². The fraction of sp³-hybridized carbons (Fsp3) is 0.0952. The largest absolute Gasteiger partial charge is 0.326 e. The number of hydrogen-bond donors (Lipinski definition) is 1. The molecule has 5 nitrogen and oxygen atoms in total. The van der Waals surface area contributed by atoms with Crippen LogP contribution in [-0.2, 0) is 16.0 Å². The van der Waals surface area contributed by atoms with Crippen molar-refractivity contribution < 1.29 is 18.4 Å². The summed E-state index contributed by atoms with van der Waals surface area (Å²) in [6.07, 6.45) is 1.25. The average Bonchev–Trinajstić information content (AvgIpc) is 2.68. The summed E-state index contributed by atoms with van der Waals surface area (Å²) in [6.45, 7) is 1.30. The van der Waals surface area contributed by atoms with Gasteiger partial charge in [-0.3, -0.25) is 14.5 Å². The van der Waals surface area contributed by atoms with Gasteiger partial charge in [-0.1, -0.05) is 35.3 Å². The summed E-state index contributed by atoms with van der Waals surface area (Å²) in [5, 5.41) is 2.46. The Kier molecular flexibility index (Phi) is 6.64. The van der Waals surface area contributed by atoms with Crippen LogP contribution in [0.4, 0.5) is 26.0 Å². The van der Waals surface area contributed by atoms with Crippen molar-refractivity contribution in [2.75, 3.05) is 10.2 Å². The van der Waals surface area contributed by atoms with Gasteiger partial charge in [0.1, 0.15) is 17.5 Å². The molecule has 0 fully saturated rings. The Labute approximate surface area is 181 Å². The second kappa shape index (κ2) is 9.19. The van der Waals surface area contributed by atoms with Crippen LogP contribution in [0.3, 0.4) is 0 Å². The zero-order chi connectivity index (χ0) is 21.8. The molecule has 1 heterocycles. The van der Waals surface area contributed by atoms with Gasteiger partial charge in [0, 0.05) is 24.9 Å². The van der Waals surface area contributed by atoms with Gasteiger partial charge in [0.25, 0.3) is 0 Å². The molecule has 0 saturated carbocycles. The number of anilines is 3. The highest BCUT2D eigenvalue weighted by Crippen LogP contribution is 2.29. The number of nitrogens with zero attached hydrogens (tertiary/aromatic N) is 2. The lowest BCUT2D eigenvalue weighted by Gasteiger charge is -2.21. The quantitative estimate of drug-likeness (QED) is 0.556. The number of rotatable bonds is 5. The predicted molar refractivity (Wildman–Crippen MR) is 112 cm³/mol. The number of aromatic nitrogens is 1. The summed E-state index contributed by atoms with van der Waals surface area (Å²) in [6, 6.07) is 11.1. The van der Waals surface area contributed by atoms with Gasteiger partial charge in [-0.15, -0.1) is 0 Å². The molecule has 154 valence electrons. The van der Waals surface area contributed by atoms with Crippen LogP contribution in [0, 0.1) is 11.6 Å². The number of benzene rings is 2. The van der Waals surface area contributed by atoms with E-state index in [1.165, 1.54) is 54.4 Å². The first-order valence-corrected chi connectivity index (χ1v) is 9.46. The van der Waals surface area contributed by atoms with Crippen LogP contribution < -0.4 is 10.2 Å². The average molecular weight is 450 g/mol. The highest BCUT2D eigenvalue weighted by Gasteiger charge is 2.18. The number of carbonyl (C=O) groups is 2. The SMILES string of the molecule is CC(=O)N(c1ccc(Cl)c(F)c1)c1cc(NC(=O)Cc2cccc(F)c2Cl)ccn1. The van der Waals surface area contributed by atoms with E-state index in [2.05, 4.69) is 10.3 Å². The minimum atomic E-state index is -0.683. The number of hydrogen-bond acceptors (Lipinski definition) is 3. The van der Waals surface area contributed by atoms with E-state index in [9.17, 15) is 18.4 Å². The summed E-state index contributed by atoms with van der Waals surface area (Å²) in [7, 11) is 0. The molecule has 9 heteroatoms. The van der Waals surface area contributed by atoms with E-state index in [1.54, 1.807) is 6.07 Å². The molecule has 0 unspecified atom stereocenters. The smallest absolute Gasteiger partial charge is 0.229 e. The van der Waals surface area contributed by atoms with Crippen LogP contribution in [0.15, 0.2) is 54.7 Å². The molecule has 0 bridgehead atoms. The monoisotopic (exact) mass is 449 g/mol. The zero-order valence-corrected chi connectivity index (χ0v) is 17.1. The van der Waals surface area contributed by atoms with Crippen LogP contribution in [-0.4, -0.2) is 16.8 Å². The molecule has 1 aromatic heterocycles. The Bertz CT molecular complexity index is 1130. The van der Waals surface area contributed by atoms with Gasteiger partial charge in [-0.2, -0.15) is 0 Å². The Balaban J connectivity index is 1.83. The summed E-state index contributed by atoms with van der Waals surface area (Å²) < 4.78 is 27.4. The second-order valence-electron chi connectivity index (χ2n) is 6.29. The van der Waals surface area contributed by atoms with Gasteiger partial charge in [0.2, 0.25) is 11.8 Å². The van der Waals surface area contributed by atoms with E-state index < -0.39 is 23.4 Å². The van der Waals surface area contributed by atoms with Crippen LogP contribution in [0.1, 0.15) is 12.5 Å². The van der Waals surface area contributed by atoms with Crippen LogP contribution in [0.5, 0.6) is 0 Å². The molecule has 0 atom stereocenters. The highest BCUT2D eigenvalue weighted by molar-refractivity contribution is 6.31. The normalized spacial score (nSPS) is 10.6. The van der Waals surface area contributed by atoms with Crippen molar-refractivity contribution in [3.63, 3.8) is 0 Å². The van der Waals surface area contributed by atoms with Crippen molar-refractivity contribution in [1.82, 2.24) is 4.98 Å². The van der Waals surface area contributed by atoms with Crippen molar-refractivity contribution in [2.24, 2.45) is 0 Å². The van der Waals surface area contributed by atoms with Gasteiger partial charge in [0.15, 0.2) is 0 Å². The maximum Gasteiger partial charge on any atom is 0.229 e. The third-order valence-corrected chi connectivity index (χ3v) is 4.85. The van der Waals surface area contributed by atoms with Gasteiger partial charge in [-0.05, 0) is 35.9 Å². The molecule has 0 aliphatic rings. The minimum Gasteiger partial charge on any atom is -0.326 e. The number of carbonyl (C=O) groups excluding carboxylic acids is 2. The Hall–Kier alpha value is -3.03. The summed E-state index contributed by atoms with van der Waals surface area (Å²) >= 11 is 11.6. The van der Waals surface area contributed by atoms with Crippen molar-refractivity contribution in [2.45, 2.75) is 13.3 Å². The molecule has 3 rings (SSSR count). The number of pyridine rings is 1. The van der Waals surface area contributed by atoms with E-state index in [-0.39, 0.29) is 28.0 Å². The van der Waals surface area contributed by atoms with E-state index in [4.69, 9.17) is 23.2 Å². The summed E-state index contributed by atoms with van der Waals surface area (Å²) in [4.78, 5) is 29.8. The molecule has 3 aromatic rings. The maximum atomic E-state index is 13.9.